The van der Waals surface area contributed by atoms with Crippen molar-refractivity contribution in [3.05, 3.63) is 57.0 Å². The van der Waals surface area contributed by atoms with Gasteiger partial charge < -0.3 is 10.2 Å². The van der Waals surface area contributed by atoms with Crippen LogP contribution < -0.4 is 21.5 Å². The summed E-state index contributed by atoms with van der Waals surface area (Å²) in [6.45, 7) is 2.00. The van der Waals surface area contributed by atoms with Crippen LogP contribution in [0.4, 0.5) is 11.5 Å². The lowest BCUT2D eigenvalue weighted by Gasteiger charge is -2.16. The molecule has 1 aliphatic heterocycles. The molecule has 1 saturated heterocycles. The Kier molecular flexibility index (Phi) is 4.42. The number of carbonyl (C=O) groups is 1. The minimum atomic E-state index is -0.489. The van der Waals surface area contributed by atoms with Crippen molar-refractivity contribution in [1.29, 1.82) is 0 Å². The minimum absolute atomic E-state index is 0.208. The molecule has 0 bridgehead atoms. The molecule has 0 aromatic carbocycles. The molecule has 1 N–H and O–H groups in total. The van der Waals surface area contributed by atoms with Gasteiger partial charge in [0.25, 0.3) is 11.5 Å². The quantitative estimate of drug-likeness (QED) is 0.724. The van der Waals surface area contributed by atoms with Gasteiger partial charge in [-0.15, -0.1) is 0 Å². The summed E-state index contributed by atoms with van der Waals surface area (Å²) in [6.07, 6.45) is 5.30. The lowest BCUT2D eigenvalue weighted by molar-refractivity contribution is 0.102. The molecule has 144 valence electrons. The van der Waals surface area contributed by atoms with Crippen molar-refractivity contribution in [3.63, 3.8) is 0 Å². The number of hydrogen-bond donors (Lipinski definition) is 1. The SMILES string of the molecule is Cn1c(=O)c2cc(C(=O)Nc3ccc(N4CCCC4)nc3)cnc2n(C)c1=O. The topological polar surface area (TPSA) is 102 Å². The zero-order chi connectivity index (χ0) is 19.8. The Bertz CT molecular complexity index is 1170. The van der Waals surface area contributed by atoms with E-state index in [1.54, 1.807) is 12.3 Å². The fourth-order valence-corrected chi connectivity index (χ4v) is 3.39. The van der Waals surface area contributed by atoms with Crippen LogP contribution >= 0.6 is 0 Å². The van der Waals surface area contributed by atoms with Gasteiger partial charge in [-0.05, 0) is 31.0 Å². The molecule has 28 heavy (non-hydrogen) atoms. The maximum Gasteiger partial charge on any atom is 0.332 e. The predicted molar refractivity (Wildman–Crippen MR) is 106 cm³/mol. The first kappa shape index (κ1) is 17.9. The van der Waals surface area contributed by atoms with Crippen molar-refractivity contribution in [3.8, 4) is 0 Å². The zero-order valence-corrected chi connectivity index (χ0v) is 15.7. The van der Waals surface area contributed by atoms with E-state index in [4.69, 9.17) is 0 Å². The second-order valence-corrected chi connectivity index (χ2v) is 6.85. The number of nitrogens with zero attached hydrogens (tertiary/aromatic N) is 5. The maximum absolute atomic E-state index is 12.6. The van der Waals surface area contributed by atoms with Gasteiger partial charge in [-0.25, -0.2) is 14.8 Å². The van der Waals surface area contributed by atoms with E-state index in [2.05, 4.69) is 20.2 Å². The second kappa shape index (κ2) is 6.91. The molecule has 0 unspecified atom stereocenters. The van der Waals surface area contributed by atoms with E-state index in [0.717, 1.165) is 23.5 Å². The van der Waals surface area contributed by atoms with Crippen molar-refractivity contribution < 1.29 is 4.79 Å². The summed E-state index contributed by atoms with van der Waals surface area (Å²) in [6, 6.07) is 5.13. The van der Waals surface area contributed by atoms with Gasteiger partial charge in [0.1, 0.15) is 11.5 Å². The molecule has 9 heteroatoms. The summed E-state index contributed by atoms with van der Waals surface area (Å²) < 4.78 is 2.27. The van der Waals surface area contributed by atoms with Gasteiger partial charge in [0, 0.05) is 33.4 Å². The van der Waals surface area contributed by atoms with Gasteiger partial charge in [-0.3, -0.25) is 18.7 Å². The predicted octanol–water partition coefficient (Wildman–Crippen LogP) is 0.880. The molecule has 3 aromatic rings. The van der Waals surface area contributed by atoms with Gasteiger partial charge >= 0.3 is 5.69 Å². The van der Waals surface area contributed by atoms with E-state index in [1.165, 1.54) is 43.8 Å². The Labute approximate surface area is 160 Å². The van der Waals surface area contributed by atoms with Crippen molar-refractivity contribution in [2.45, 2.75) is 12.8 Å². The van der Waals surface area contributed by atoms with Crippen LogP contribution in [0.1, 0.15) is 23.2 Å². The molecule has 9 nitrogen and oxygen atoms in total. The molecule has 3 aromatic heterocycles. The van der Waals surface area contributed by atoms with Crippen LogP contribution in [0.3, 0.4) is 0 Å². The number of aromatic nitrogens is 4. The van der Waals surface area contributed by atoms with E-state index < -0.39 is 17.2 Å². The highest BCUT2D eigenvalue weighted by atomic mass is 16.2. The Hall–Kier alpha value is -3.49. The van der Waals surface area contributed by atoms with Crippen LogP contribution in [-0.4, -0.2) is 38.1 Å². The molecule has 1 fully saturated rings. The summed E-state index contributed by atoms with van der Waals surface area (Å²) in [7, 11) is 2.93. The molecule has 0 radical (unpaired) electrons. The number of fused-ring (bicyclic) bond motifs is 1. The van der Waals surface area contributed by atoms with Crippen LogP contribution in [-0.2, 0) is 14.1 Å². The first-order chi connectivity index (χ1) is 13.5. The first-order valence-corrected chi connectivity index (χ1v) is 9.04. The standard InChI is InChI=1S/C19H20N6O3/c1-23-16-14(18(27)24(2)19(23)28)9-12(10-21-16)17(26)22-13-5-6-15(20-11-13)25-7-3-4-8-25/h5-6,9-11H,3-4,7-8H2,1-2H3,(H,22,26). The van der Waals surface area contributed by atoms with Crippen LogP contribution in [0.15, 0.2) is 40.2 Å². The lowest BCUT2D eigenvalue weighted by Crippen LogP contribution is -2.37. The number of aryl methyl sites for hydroxylation is 1. The highest BCUT2D eigenvalue weighted by Gasteiger charge is 2.15. The van der Waals surface area contributed by atoms with E-state index in [-0.39, 0.29) is 16.6 Å². The van der Waals surface area contributed by atoms with Crippen molar-refractivity contribution in [1.82, 2.24) is 19.1 Å². The number of nitrogens with one attached hydrogen (secondary N) is 1. The number of pyridine rings is 2. The van der Waals surface area contributed by atoms with Crippen LogP contribution in [0.25, 0.3) is 11.0 Å². The molecule has 0 saturated carbocycles. The Balaban J connectivity index is 1.60. The van der Waals surface area contributed by atoms with Crippen molar-refractivity contribution >= 4 is 28.4 Å². The van der Waals surface area contributed by atoms with Crippen molar-refractivity contribution in [2.75, 3.05) is 23.3 Å². The summed E-state index contributed by atoms with van der Waals surface area (Å²) in [5.41, 5.74) is 0.0674. The normalized spacial score (nSPS) is 13.9. The Morgan fingerprint density at radius 1 is 1.04 bits per heavy atom. The molecule has 4 rings (SSSR count). The summed E-state index contributed by atoms with van der Waals surface area (Å²) in [5, 5.41) is 2.97. The smallest absolute Gasteiger partial charge is 0.332 e. The molecule has 0 aliphatic carbocycles. The third kappa shape index (κ3) is 3.04. The molecule has 0 atom stereocenters. The average Bonchev–Trinajstić information content (AvgIpc) is 3.25. The van der Waals surface area contributed by atoms with Crippen molar-refractivity contribution in [2.24, 2.45) is 14.1 Å². The molecular formula is C19H20N6O3. The third-order valence-electron chi connectivity index (χ3n) is 4.99. The third-order valence-corrected chi connectivity index (χ3v) is 4.99. The largest absolute Gasteiger partial charge is 0.357 e. The maximum atomic E-state index is 12.6. The number of amides is 1. The summed E-state index contributed by atoms with van der Waals surface area (Å²) in [4.78, 5) is 47.7. The van der Waals surface area contributed by atoms with Crippen LogP contribution in [0, 0.1) is 0 Å². The van der Waals surface area contributed by atoms with Crippen LogP contribution in [0.5, 0.6) is 0 Å². The van der Waals surface area contributed by atoms with Gasteiger partial charge in [0.05, 0.1) is 22.8 Å². The molecule has 0 spiro atoms. The number of rotatable bonds is 3. The zero-order valence-electron chi connectivity index (χ0n) is 15.7. The van der Waals surface area contributed by atoms with Gasteiger partial charge in [-0.1, -0.05) is 0 Å². The van der Waals surface area contributed by atoms with E-state index in [9.17, 15) is 14.4 Å². The number of anilines is 2. The summed E-state index contributed by atoms with van der Waals surface area (Å²) in [5.74, 6) is 0.494. The van der Waals surface area contributed by atoms with Crippen LogP contribution in [0.2, 0.25) is 0 Å². The number of carbonyl (C=O) groups excluding carboxylic acids is 1. The Morgan fingerprint density at radius 3 is 2.46 bits per heavy atom. The van der Waals surface area contributed by atoms with E-state index >= 15 is 0 Å². The fraction of sp³-hybridized carbons (Fsp3) is 0.316. The highest BCUT2D eigenvalue weighted by Crippen LogP contribution is 2.19. The Morgan fingerprint density at radius 2 is 1.79 bits per heavy atom. The fourth-order valence-electron chi connectivity index (χ4n) is 3.39. The summed E-state index contributed by atoms with van der Waals surface area (Å²) >= 11 is 0. The first-order valence-electron chi connectivity index (χ1n) is 9.04. The minimum Gasteiger partial charge on any atom is -0.357 e. The molecule has 4 heterocycles. The number of hydrogen-bond acceptors (Lipinski definition) is 6. The van der Waals surface area contributed by atoms with E-state index in [0.29, 0.717) is 5.69 Å². The monoisotopic (exact) mass is 380 g/mol. The molecular weight excluding hydrogens is 360 g/mol. The van der Waals surface area contributed by atoms with Gasteiger partial charge in [0.2, 0.25) is 0 Å². The van der Waals surface area contributed by atoms with E-state index in [1.807, 2.05) is 6.07 Å². The second-order valence-electron chi connectivity index (χ2n) is 6.85. The van der Waals surface area contributed by atoms with Gasteiger partial charge in [0.15, 0.2) is 0 Å². The molecule has 1 aliphatic rings. The average molecular weight is 380 g/mol. The highest BCUT2D eigenvalue weighted by molar-refractivity contribution is 6.05. The lowest BCUT2D eigenvalue weighted by atomic mass is 10.2. The van der Waals surface area contributed by atoms with Gasteiger partial charge in [-0.2, -0.15) is 0 Å². The molecule has 1 amide bonds.